The average Bonchev–Trinajstić information content (AvgIpc) is 3.11. The van der Waals surface area contributed by atoms with Gasteiger partial charge in [0.05, 0.1) is 12.2 Å². The third-order valence-corrected chi connectivity index (χ3v) is 2.82. The van der Waals surface area contributed by atoms with Gasteiger partial charge >= 0.3 is 5.97 Å². The molecule has 0 amide bonds. The van der Waals surface area contributed by atoms with Crippen LogP contribution in [-0.2, 0) is 4.74 Å². The van der Waals surface area contributed by atoms with Crippen molar-refractivity contribution in [2.75, 3.05) is 24.2 Å². The number of ether oxygens (including phenoxy) is 1. The lowest BCUT2D eigenvalue weighted by atomic mass is 10.1. The van der Waals surface area contributed by atoms with Crippen molar-refractivity contribution in [1.29, 1.82) is 0 Å². The minimum absolute atomic E-state index is 0.321. The molecule has 2 rings (SSSR count). The summed E-state index contributed by atoms with van der Waals surface area (Å²) in [7, 11) is 0. The van der Waals surface area contributed by atoms with E-state index in [9.17, 15) is 4.79 Å². The highest BCUT2D eigenvalue weighted by Gasteiger charge is 2.21. The standard InChI is InChI=1S/C13H18N2O2/c1-2-17-13(16)11-7-10(14)5-6-12(11)15-8-9-3-4-9/h5-7,9,15H,2-4,8,14H2,1H3. The number of carbonyl (C=O) groups is 1. The second kappa shape index (κ2) is 5.08. The third kappa shape index (κ3) is 3.12. The second-order valence-corrected chi connectivity index (χ2v) is 4.35. The highest BCUT2D eigenvalue weighted by atomic mass is 16.5. The van der Waals surface area contributed by atoms with Crippen molar-refractivity contribution < 1.29 is 9.53 Å². The molecule has 0 atom stereocenters. The average molecular weight is 234 g/mol. The van der Waals surface area contributed by atoms with Gasteiger partial charge in [-0.1, -0.05) is 0 Å². The van der Waals surface area contributed by atoms with E-state index in [1.165, 1.54) is 12.8 Å². The number of nitrogen functional groups attached to an aromatic ring is 1. The van der Waals surface area contributed by atoms with Crippen LogP contribution in [0.5, 0.6) is 0 Å². The predicted octanol–water partition coefficient (Wildman–Crippen LogP) is 2.27. The number of anilines is 2. The smallest absolute Gasteiger partial charge is 0.340 e. The summed E-state index contributed by atoms with van der Waals surface area (Å²) in [6, 6.07) is 5.29. The molecule has 1 aromatic carbocycles. The molecular formula is C13H18N2O2. The predicted molar refractivity (Wildman–Crippen MR) is 68.0 cm³/mol. The molecule has 1 aliphatic carbocycles. The summed E-state index contributed by atoms with van der Waals surface area (Å²) in [6.45, 7) is 3.08. The molecule has 17 heavy (non-hydrogen) atoms. The van der Waals surface area contributed by atoms with Gasteiger partial charge in [-0.25, -0.2) is 4.79 Å². The monoisotopic (exact) mass is 234 g/mol. The van der Waals surface area contributed by atoms with Crippen molar-refractivity contribution in [1.82, 2.24) is 0 Å². The zero-order valence-corrected chi connectivity index (χ0v) is 10.0. The van der Waals surface area contributed by atoms with Gasteiger partial charge in [0.1, 0.15) is 0 Å². The molecule has 4 nitrogen and oxygen atoms in total. The van der Waals surface area contributed by atoms with E-state index in [1.54, 1.807) is 19.1 Å². The molecule has 0 spiro atoms. The van der Waals surface area contributed by atoms with Crippen LogP contribution in [0.25, 0.3) is 0 Å². The van der Waals surface area contributed by atoms with Crippen molar-refractivity contribution >= 4 is 17.3 Å². The maximum absolute atomic E-state index is 11.8. The maximum atomic E-state index is 11.8. The molecule has 4 heteroatoms. The molecule has 0 aliphatic heterocycles. The first-order valence-corrected chi connectivity index (χ1v) is 6.01. The number of nitrogens with two attached hydrogens (primary N) is 1. The fourth-order valence-corrected chi connectivity index (χ4v) is 1.67. The minimum Gasteiger partial charge on any atom is -0.462 e. The lowest BCUT2D eigenvalue weighted by Crippen LogP contribution is -2.12. The summed E-state index contributed by atoms with van der Waals surface area (Å²) in [6.07, 6.45) is 2.55. The Morgan fingerprint density at radius 1 is 1.53 bits per heavy atom. The lowest BCUT2D eigenvalue weighted by molar-refractivity contribution is 0.0527. The lowest BCUT2D eigenvalue weighted by Gasteiger charge is -2.11. The van der Waals surface area contributed by atoms with Crippen LogP contribution in [0.15, 0.2) is 18.2 Å². The molecule has 0 bridgehead atoms. The first-order valence-electron chi connectivity index (χ1n) is 6.01. The van der Waals surface area contributed by atoms with Gasteiger partial charge < -0.3 is 15.8 Å². The Labute approximate surface area is 101 Å². The Kier molecular flexibility index (Phi) is 3.52. The van der Waals surface area contributed by atoms with E-state index in [0.29, 0.717) is 17.9 Å². The van der Waals surface area contributed by atoms with Gasteiger partial charge in [-0.15, -0.1) is 0 Å². The summed E-state index contributed by atoms with van der Waals surface area (Å²) in [5.74, 6) is 0.431. The van der Waals surface area contributed by atoms with E-state index in [1.807, 2.05) is 6.07 Å². The largest absolute Gasteiger partial charge is 0.462 e. The Morgan fingerprint density at radius 3 is 2.94 bits per heavy atom. The number of esters is 1. The number of benzene rings is 1. The normalized spacial score (nSPS) is 14.4. The Balaban J connectivity index is 2.13. The van der Waals surface area contributed by atoms with Crippen molar-refractivity contribution in [3.8, 4) is 0 Å². The molecule has 0 saturated heterocycles. The van der Waals surface area contributed by atoms with Gasteiger partial charge in [0.15, 0.2) is 0 Å². The van der Waals surface area contributed by atoms with Crippen molar-refractivity contribution in [3.05, 3.63) is 23.8 Å². The minimum atomic E-state index is -0.321. The molecule has 0 heterocycles. The summed E-state index contributed by atoms with van der Waals surface area (Å²) in [4.78, 5) is 11.8. The highest BCUT2D eigenvalue weighted by molar-refractivity contribution is 5.96. The summed E-state index contributed by atoms with van der Waals surface area (Å²) < 4.78 is 5.01. The van der Waals surface area contributed by atoms with Crippen LogP contribution in [0.1, 0.15) is 30.1 Å². The van der Waals surface area contributed by atoms with E-state index in [2.05, 4.69) is 5.32 Å². The molecule has 1 aromatic rings. The van der Waals surface area contributed by atoms with Crippen LogP contribution >= 0.6 is 0 Å². The fraction of sp³-hybridized carbons (Fsp3) is 0.462. The molecule has 1 fully saturated rings. The molecule has 1 saturated carbocycles. The second-order valence-electron chi connectivity index (χ2n) is 4.35. The molecule has 92 valence electrons. The van der Waals surface area contributed by atoms with E-state index in [0.717, 1.165) is 18.2 Å². The third-order valence-electron chi connectivity index (χ3n) is 2.82. The summed E-state index contributed by atoms with van der Waals surface area (Å²) in [5, 5.41) is 3.29. The Morgan fingerprint density at radius 2 is 2.29 bits per heavy atom. The Bertz CT molecular complexity index is 414. The van der Waals surface area contributed by atoms with Gasteiger partial charge in [0, 0.05) is 17.9 Å². The number of carbonyl (C=O) groups excluding carboxylic acids is 1. The molecule has 1 aliphatic rings. The van der Waals surface area contributed by atoms with E-state index >= 15 is 0 Å². The fourth-order valence-electron chi connectivity index (χ4n) is 1.67. The van der Waals surface area contributed by atoms with Crippen LogP contribution < -0.4 is 11.1 Å². The number of hydrogen-bond donors (Lipinski definition) is 2. The number of nitrogens with one attached hydrogen (secondary N) is 1. The van der Waals surface area contributed by atoms with Gasteiger partial charge in [0.2, 0.25) is 0 Å². The van der Waals surface area contributed by atoms with Crippen LogP contribution in [0.2, 0.25) is 0 Å². The van der Waals surface area contributed by atoms with Crippen molar-refractivity contribution in [3.63, 3.8) is 0 Å². The van der Waals surface area contributed by atoms with Crippen LogP contribution in [0, 0.1) is 5.92 Å². The highest BCUT2D eigenvalue weighted by Crippen LogP contribution is 2.30. The molecule has 0 aromatic heterocycles. The first-order chi connectivity index (χ1) is 8.20. The molecule has 3 N–H and O–H groups in total. The number of hydrogen-bond acceptors (Lipinski definition) is 4. The first kappa shape index (κ1) is 11.8. The SMILES string of the molecule is CCOC(=O)c1cc(N)ccc1NCC1CC1. The summed E-state index contributed by atoms with van der Waals surface area (Å²) in [5.41, 5.74) is 7.60. The quantitative estimate of drug-likeness (QED) is 0.606. The zero-order chi connectivity index (χ0) is 12.3. The van der Waals surface area contributed by atoms with E-state index < -0.39 is 0 Å². The maximum Gasteiger partial charge on any atom is 0.340 e. The Hall–Kier alpha value is -1.71. The zero-order valence-electron chi connectivity index (χ0n) is 10.0. The van der Waals surface area contributed by atoms with Crippen LogP contribution in [-0.4, -0.2) is 19.1 Å². The van der Waals surface area contributed by atoms with E-state index in [4.69, 9.17) is 10.5 Å². The van der Waals surface area contributed by atoms with Crippen LogP contribution in [0.4, 0.5) is 11.4 Å². The van der Waals surface area contributed by atoms with Crippen LogP contribution in [0.3, 0.4) is 0 Å². The number of rotatable bonds is 5. The van der Waals surface area contributed by atoms with Gasteiger partial charge in [-0.2, -0.15) is 0 Å². The van der Waals surface area contributed by atoms with Gasteiger partial charge in [-0.05, 0) is 43.9 Å². The van der Waals surface area contributed by atoms with Gasteiger partial charge in [-0.3, -0.25) is 0 Å². The summed E-state index contributed by atoms with van der Waals surface area (Å²) >= 11 is 0. The van der Waals surface area contributed by atoms with Crippen molar-refractivity contribution in [2.24, 2.45) is 5.92 Å². The van der Waals surface area contributed by atoms with E-state index in [-0.39, 0.29) is 5.97 Å². The molecule has 0 unspecified atom stereocenters. The topological polar surface area (TPSA) is 64.3 Å². The molecular weight excluding hydrogens is 216 g/mol. The van der Waals surface area contributed by atoms with Gasteiger partial charge in [0.25, 0.3) is 0 Å². The van der Waals surface area contributed by atoms with Crippen molar-refractivity contribution in [2.45, 2.75) is 19.8 Å². The molecule has 0 radical (unpaired) electrons.